The Bertz CT molecular complexity index is 853. The number of hydrogen-bond donors (Lipinski definition) is 1. The zero-order valence-corrected chi connectivity index (χ0v) is 14.2. The molecule has 24 heavy (non-hydrogen) atoms. The minimum Gasteiger partial charge on any atom is -0.454 e. The maximum atomic E-state index is 12.1. The number of hydrogen-bond acceptors (Lipinski definition) is 6. The van der Waals surface area contributed by atoms with Crippen LogP contribution < -0.4 is 14.9 Å². The molecule has 9 heteroatoms. The normalized spacial score (nSPS) is 12.4. The van der Waals surface area contributed by atoms with Crippen LogP contribution in [0.25, 0.3) is 0 Å². The quantitative estimate of drug-likeness (QED) is 0.342. The second-order valence-corrected chi connectivity index (χ2v) is 5.86. The standard InChI is InChI=1S/C15H10IN3O5/c16-11-4-2-1-3-10(11)15(20)18-17-7-9-5-13-14(24-8-23-13)6-12(9)19(21)22/h1-7H,8H2,(H,18,20)/b17-7-. The third-order valence-electron chi connectivity index (χ3n) is 3.21. The Hall–Kier alpha value is -2.69. The van der Waals surface area contributed by atoms with E-state index in [1.165, 1.54) is 18.3 Å². The zero-order chi connectivity index (χ0) is 17.1. The van der Waals surface area contributed by atoms with Crippen molar-refractivity contribution in [3.63, 3.8) is 0 Å². The first-order valence-corrected chi connectivity index (χ1v) is 7.80. The molecule has 1 amide bonds. The number of hydrazone groups is 1. The molecule has 0 aromatic heterocycles. The van der Waals surface area contributed by atoms with Gasteiger partial charge in [-0.2, -0.15) is 5.10 Å². The van der Waals surface area contributed by atoms with Crippen LogP contribution in [0.4, 0.5) is 5.69 Å². The summed E-state index contributed by atoms with van der Waals surface area (Å²) in [5, 5.41) is 14.9. The first-order valence-electron chi connectivity index (χ1n) is 6.72. The van der Waals surface area contributed by atoms with Gasteiger partial charge in [0.2, 0.25) is 6.79 Å². The Balaban J connectivity index is 1.81. The number of carbonyl (C=O) groups is 1. The summed E-state index contributed by atoms with van der Waals surface area (Å²) in [6.07, 6.45) is 1.20. The van der Waals surface area contributed by atoms with Gasteiger partial charge >= 0.3 is 0 Å². The highest BCUT2D eigenvalue weighted by atomic mass is 127. The smallest absolute Gasteiger partial charge is 0.282 e. The first kappa shape index (κ1) is 16.2. The summed E-state index contributed by atoms with van der Waals surface area (Å²) in [4.78, 5) is 22.6. The van der Waals surface area contributed by atoms with Crippen LogP contribution in [-0.4, -0.2) is 23.8 Å². The summed E-state index contributed by atoms with van der Waals surface area (Å²) in [5.74, 6) is 0.298. The molecule has 2 aromatic rings. The molecule has 0 saturated carbocycles. The number of amides is 1. The molecule has 0 fully saturated rings. The minimum atomic E-state index is -0.550. The summed E-state index contributed by atoms with van der Waals surface area (Å²) >= 11 is 2.04. The topological polar surface area (TPSA) is 103 Å². The molecule has 3 rings (SSSR count). The van der Waals surface area contributed by atoms with Crippen LogP contribution in [0, 0.1) is 13.7 Å². The first-order chi connectivity index (χ1) is 11.6. The zero-order valence-electron chi connectivity index (χ0n) is 12.1. The maximum Gasteiger partial charge on any atom is 0.282 e. The number of halogens is 1. The van der Waals surface area contributed by atoms with E-state index in [9.17, 15) is 14.9 Å². The Morgan fingerprint density at radius 2 is 2.00 bits per heavy atom. The lowest BCUT2D eigenvalue weighted by Gasteiger charge is -2.03. The summed E-state index contributed by atoms with van der Waals surface area (Å²) in [5.41, 5.74) is 2.83. The van der Waals surface area contributed by atoms with Gasteiger partial charge in [0, 0.05) is 3.57 Å². The van der Waals surface area contributed by atoms with Crippen molar-refractivity contribution in [3.8, 4) is 11.5 Å². The molecule has 1 heterocycles. The van der Waals surface area contributed by atoms with E-state index in [2.05, 4.69) is 10.5 Å². The average molecular weight is 439 g/mol. The van der Waals surface area contributed by atoms with Crippen molar-refractivity contribution in [1.82, 2.24) is 5.43 Å². The molecular weight excluding hydrogens is 429 g/mol. The lowest BCUT2D eigenvalue weighted by molar-refractivity contribution is -0.385. The Kier molecular flexibility index (Phi) is 4.60. The van der Waals surface area contributed by atoms with Gasteiger partial charge in [0.05, 0.1) is 28.3 Å². The second-order valence-electron chi connectivity index (χ2n) is 4.70. The van der Waals surface area contributed by atoms with E-state index in [-0.39, 0.29) is 18.0 Å². The molecule has 0 bridgehead atoms. The predicted octanol–water partition coefficient (Wildman–Crippen LogP) is 2.69. The molecule has 1 aliphatic rings. The molecule has 1 aliphatic heterocycles. The largest absolute Gasteiger partial charge is 0.454 e. The fraction of sp³-hybridized carbons (Fsp3) is 0.0667. The Morgan fingerprint density at radius 1 is 1.29 bits per heavy atom. The number of ether oxygens (including phenoxy) is 2. The predicted molar refractivity (Wildman–Crippen MR) is 93.4 cm³/mol. The lowest BCUT2D eigenvalue weighted by Crippen LogP contribution is -2.18. The van der Waals surface area contributed by atoms with Crippen LogP contribution in [0.1, 0.15) is 15.9 Å². The van der Waals surface area contributed by atoms with Crippen molar-refractivity contribution in [2.45, 2.75) is 0 Å². The fourth-order valence-electron chi connectivity index (χ4n) is 2.07. The van der Waals surface area contributed by atoms with Gasteiger partial charge in [-0.3, -0.25) is 14.9 Å². The molecule has 0 saturated heterocycles. The molecule has 0 radical (unpaired) electrons. The molecule has 8 nitrogen and oxygen atoms in total. The number of rotatable bonds is 4. The number of nitro benzene ring substituents is 1. The highest BCUT2D eigenvalue weighted by molar-refractivity contribution is 14.1. The molecule has 2 aromatic carbocycles. The molecule has 0 atom stereocenters. The van der Waals surface area contributed by atoms with Crippen LogP contribution in [0.3, 0.4) is 0 Å². The van der Waals surface area contributed by atoms with E-state index < -0.39 is 10.8 Å². The van der Waals surface area contributed by atoms with Crippen molar-refractivity contribution >= 4 is 40.4 Å². The highest BCUT2D eigenvalue weighted by Gasteiger charge is 2.22. The van der Waals surface area contributed by atoms with Crippen molar-refractivity contribution in [2.24, 2.45) is 5.10 Å². The van der Waals surface area contributed by atoms with Gasteiger partial charge < -0.3 is 9.47 Å². The summed E-state index contributed by atoms with van der Waals surface area (Å²) in [6, 6.07) is 9.73. The highest BCUT2D eigenvalue weighted by Crippen LogP contribution is 2.37. The minimum absolute atomic E-state index is 0.0102. The van der Waals surface area contributed by atoms with Gasteiger partial charge in [-0.15, -0.1) is 0 Å². The fourth-order valence-corrected chi connectivity index (χ4v) is 2.71. The van der Waals surface area contributed by atoms with E-state index in [4.69, 9.17) is 9.47 Å². The van der Waals surface area contributed by atoms with Crippen molar-refractivity contribution in [3.05, 3.63) is 61.2 Å². The van der Waals surface area contributed by atoms with Gasteiger partial charge in [-0.1, -0.05) is 12.1 Å². The monoisotopic (exact) mass is 439 g/mol. The molecule has 0 aliphatic carbocycles. The van der Waals surface area contributed by atoms with E-state index in [0.29, 0.717) is 17.1 Å². The van der Waals surface area contributed by atoms with Crippen molar-refractivity contribution in [2.75, 3.05) is 6.79 Å². The third-order valence-corrected chi connectivity index (χ3v) is 4.15. The molecule has 1 N–H and O–H groups in total. The van der Waals surface area contributed by atoms with Gasteiger partial charge in [-0.05, 0) is 40.8 Å². The number of nitro groups is 1. The Morgan fingerprint density at radius 3 is 2.71 bits per heavy atom. The number of benzene rings is 2. The summed E-state index contributed by atoms with van der Waals surface area (Å²) < 4.78 is 11.1. The van der Waals surface area contributed by atoms with Crippen molar-refractivity contribution < 1.29 is 19.2 Å². The lowest BCUT2D eigenvalue weighted by atomic mass is 10.1. The SMILES string of the molecule is O=C(N/N=C\c1cc2c(cc1[N+](=O)[O-])OCO2)c1ccccc1I. The Labute approximate surface area is 149 Å². The molecule has 0 spiro atoms. The molecule has 0 unspecified atom stereocenters. The summed E-state index contributed by atoms with van der Waals surface area (Å²) in [7, 11) is 0. The van der Waals surface area contributed by atoms with E-state index in [1.54, 1.807) is 18.2 Å². The maximum absolute atomic E-state index is 12.1. The number of fused-ring (bicyclic) bond motifs is 1. The number of nitrogens with one attached hydrogen (secondary N) is 1. The van der Waals surface area contributed by atoms with Gasteiger partial charge in [0.15, 0.2) is 11.5 Å². The van der Waals surface area contributed by atoms with Crippen LogP contribution in [0.2, 0.25) is 0 Å². The van der Waals surface area contributed by atoms with E-state index >= 15 is 0 Å². The van der Waals surface area contributed by atoms with E-state index in [1.807, 2.05) is 28.7 Å². The van der Waals surface area contributed by atoms with Gasteiger partial charge in [0.1, 0.15) is 0 Å². The molecular formula is C15H10IN3O5. The molecule has 122 valence electrons. The third kappa shape index (κ3) is 3.30. The number of carbonyl (C=O) groups excluding carboxylic acids is 1. The number of nitrogens with zero attached hydrogens (tertiary/aromatic N) is 2. The summed E-state index contributed by atoms with van der Waals surface area (Å²) in [6.45, 7) is 0.0102. The van der Waals surface area contributed by atoms with Crippen LogP contribution in [-0.2, 0) is 0 Å². The van der Waals surface area contributed by atoms with Crippen LogP contribution in [0.15, 0.2) is 41.5 Å². The van der Waals surface area contributed by atoms with Gasteiger partial charge in [-0.25, -0.2) is 5.43 Å². The van der Waals surface area contributed by atoms with E-state index in [0.717, 1.165) is 3.57 Å². The van der Waals surface area contributed by atoms with Crippen LogP contribution >= 0.6 is 22.6 Å². The van der Waals surface area contributed by atoms with Gasteiger partial charge in [0.25, 0.3) is 11.6 Å². The van der Waals surface area contributed by atoms with Crippen molar-refractivity contribution in [1.29, 1.82) is 0 Å². The average Bonchev–Trinajstić information content (AvgIpc) is 3.01. The van der Waals surface area contributed by atoms with Crippen LogP contribution in [0.5, 0.6) is 11.5 Å². The second kappa shape index (κ2) is 6.83.